The van der Waals surface area contributed by atoms with Gasteiger partial charge in [-0.05, 0) is 39.7 Å². The Morgan fingerprint density at radius 2 is 2.17 bits per heavy atom. The van der Waals surface area contributed by atoms with Gasteiger partial charge in [0.1, 0.15) is 4.60 Å². The average Bonchev–Trinajstić information content (AvgIpc) is 2.81. The topological polar surface area (TPSA) is 22.1 Å². The van der Waals surface area contributed by atoms with Crippen LogP contribution in [-0.4, -0.2) is 17.3 Å². The van der Waals surface area contributed by atoms with Crippen molar-refractivity contribution in [3.63, 3.8) is 0 Å². The van der Waals surface area contributed by atoms with E-state index in [0.717, 1.165) is 16.1 Å². The largest absolute Gasteiger partial charge is 0.490 e. The summed E-state index contributed by atoms with van der Waals surface area (Å²) in [5, 5.41) is 0. The number of pyridine rings is 1. The average molecular weight is 322 g/mol. The van der Waals surface area contributed by atoms with E-state index < -0.39 is 0 Å². The van der Waals surface area contributed by atoms with Crippen molar-refractivity contribution in [3.8, 4) is 5.75 Å². The van der Waals surface area contributed by atoms with Crippen LogP contribution in [0.15, 0.2) is 52.1 Å². The van der Waals surface area contributed by atoms with E-state index in [-0.39, 0.29) is 0 Å². The van der Waals surface area contributed by atoms with Gasteiger partial charge in [0.05, 0.1) is 6.61 Å². The van der Waals surface area contributed by atoms with Crippen LogP contribution in [0.2, 0.25) is 0 Å². The molecule has 18 heavy (non-hydrogen) atoms. The summed E-state index contributed by atoms with van der Waals surface area (Å²) < 4.78 is 6.62. The molecule has 1 aromatic carbocycles. The molecular weight excluding hydrogens is 310 g/mol. The molecule has 1 aliphatic heterocycles. The van der Waals surface area contributed by atoms with Gasteiger partial charge in [0.25, 0.3) is 0 Å². The second-order valence-corrected chi connectivity index (χ2v) is 5.96. The van der Waals surface area contributed by atoms with Crippen molar-refractivity contribution < 1.29 is 4.74 Å². The molecule has 0 N–H and O–H groups in total. The lowest BCUT2D eigenvalue weighted by Crippen LogP contribution is -2.10. The van der Waals surface area contributed by atoms with Gasteiger partial charge in [-0.25, -0.2) is 4.98 Å². The molecule has 0 radical (unpaired) electrons. The summed E-state index contributed by atoms with van der Waals surface area (Å²) in [6.07, 6.45) is 1.75. The molecule has 92 valence electrons. The van der Waals surface area contributed by atoms with Crippen LogP contribution in [0.5, 0.6) is 5.75 Å². The molecular formula is C14H12BrNOS. The highest BCUT2D eigenvalue weighted by Crippen LogP contribution is 2.39. The monoisotopic (exact) mass is 321 g/mol. The fourth-order valence-electron chi connectivity index (χ4n) is 2.04. The maximum absolute atomic E-state index is 5.85. The van der Waals surface area contributed by atoms with Gasteiger partial charge in [-0.1, -0.05) is 18.2 Å². The lowest BCUT2D eigenvalue weighted by Gasteiger charge is -2.13. The number of benzene rings is 1. The van der Waals surface area contributed by atoms with Gasteiger partial charge < -0.3 is 4.74 Å². The Morgan fingerprint density at radius 1 is 1.28 bits per heavy atom. The normalized spacial score (nSPS) is 17.5. The maximum Gasteiger partial charge on any atom is 0.152 e. The van der Waals surface area contributed by atoms with Crippen LogP contribution >= 0.6 is 27.7 Å². The Morgan fingerprint density at radius 3 is 3.06 bits per heavy atom. The summed E-state index contributed by atoms with van der Waals surface area (Å²) in [4.78, 5) is 5.54. The van der Waals surface area contributed by atoms with Crippen molar-refractivity contribution in [3.05, 3.63) is 52.8 Å². The second-order valence-electron chi connectivity index (χ2n) is 4.15. The number of nitrogens with zero attached hydrogens (tertiary/aromatic N) is 1. The number of rotatable bonds is 3. The molecule has 0 bridgehead atoms. The predicted molar refractivity (Wildman–Crippen MR) is 77.3 cm³/mol. The quantitative estimate of drug-likeness (QED) is 0.794. The van der Waals surface area contributed by atoms with E-state index in [4.69, 9.17) is 4.74 Å². The maximum atomic E-state index is 5.85. The molecule has 1 aliphatic rings. The fourth-order valence-corrected chi connectivity index (χ4v) is 3.63. The lowest BCUT2D eigenvalue weighted by atomic mass is 10.0. The summed E-state index contributed by atoms with van der Waals surface area (Å²) in [7, 11) is 0. The highest BCUT2D eigenvalue weighted by Gasteiger charge is 2.23. The number of hydrogen-bond acceptors (Lipinski definition) is 3. The molecule has 0 saturated carbocycles. The van der Waals surface area contributed by atoms with Crippen molar-refractivity contribution in [1.82, 2.24) is 4.98 Å². The summed E-state index contributed by atoms with van der Waals surface area (Å²) in [6, 6.07) is 12.4. The third-order valence-corrected chi connectivity index (χ3v) is 4.81. The van der Waals surface area contributed by atoms with Crippen LogP contribution in [0, 0.1) is 0 Å². The van der Waals surface area contributed by atoms with Crippen molar-refractivity contribution in [2.24, 2.45) is 0 Å². The molecule has 2 aromatic rings. The van der Waals surface area contributed by atoms with E-state index in [1.165, 1.54) is 10.5 Å². The second kappa shape index (κ2) is 5.33. The van der Waals surface area contributed by atoms with E-state index in [2.05, 4.69) is 45.2 Å². The van der Waals surface area contributed by atoms with E-state index >= 15 is 0 Å². The standard InChI is InChI=1S/C14H12BrNOS/c15-14-12(5-3-7-16-14)17-8-10-9-18-13-6-2-1-4-11(10)13/h1-7,10H,8-9H2. The number of thioether (sulfide) groups is 1. The first kappa shape index (κ1) is 12.1. The van der Waals surface area contributed by atoms with Crippen molar-refractivity contribution in [1.29, 1.82) is 0 Å². The number of aromatic nitrogens is 1. The summed E-state index contributed by atoms with van der Waals surface area (Å²) in [5.41, 5.74) is 1.41. The predicted octanol–water partition coefficient (Wildman–Crippen LogP) is 4.11. The summed E-state index contributed by atoms with van der Waals surface area (Å²) in [5.74, 6) is 2.38. The number of ether oxygens (including phenoxy) is 1. The summed E-state index contributed by atoms with van der Waals surface area (Å²) >= 11 is 5.30. The van der Waals surface area contributed by atoms with Crippen LogP contribution in [0.3, 0.4) is 0 Å². The van der Waals surface area contributed by atoms with Gasteiger partial charge in [0.2, 0.25) is 0 Å². The molecule has 3 rings (SSSR count). The van der Waals surface area contributed by atoms with Crippen LogP contribution in [0.4, 0.5) is 0 Å². The number of fused-ring (bicyclic) bond motifs is 1. The summed E-state index contributed by atoms with van der Waals surface area (Å²) in [6.45, 7) is 0.703. The van der Waals surface area contributed by atoms with E-state index in [9.17, 15) is 0 Å². The van der Waals surface area contributed by atoms with Gasteiger partial charge in [-0.15, -0.1) is 11.8 Å². The Balaban J connectivity index is 1.71. The van der Waals surface area contributed by atoms with E-state index in [1.807, 2.05) is 23.9 Å². The molecule has 0 spiro atoms. The zero-order valence-electron chi connectivity index (χ0n) is 9.67. The molecule has 0 fully saturated rings. The minimum Gasteiger partial charge on any atom is -0.490 e. The molecule has 0 saturated heterocycles. The fraction of sp³-hybridized carbons (Fsp3) is 0.214. The minimum absolute atomic E-state index is 0.471. The zero-order valence-corrected chi connectivity index (χ0v) is 12.1. The van der Waals surface area contributed by atoms with Gasteiger partial charge in [-0.2, -0.15) is 0 Å². The SMILES string of the molecule is Brc1ncccc1OCC1CSc2ccccc21. The molecule has 1 atom stereocenters. The third-order valence-electron chi connectivity index (χ3n) is 2.96. The smallest absolute Gasteiger partial charge is 0.152 e. The molecule has 4 heteroatoms. The van der Waals surface area contributed by atoms with Gasteiger partial charge >= 0.3 is 0 Å². The van der Waals surface area contributed by atoms with E-state index in [1.54, 1.807) is 6.20 Å². The Bertz CT molecular complexity index is 561. The van der Waals surface area contributed by atoms with Gasteiger partial charge in [0, 0.05) is 22.8 Å². The molecule has 2 heterocycles. The number of hydrogen-bond donors (Lipinski definition) is 0. The van der Waals surface area contributed by atoms with Crippen LogP contribution in [0.1, 0.15) is 11.5 Å². The highest BCUT2D eigenvalue weighted by atomic mass is 79.9. The van der Waals surface area contributed by atoms with Crippen molar-refractivity contribution >= 4 is 27.7 Å². The molecule has 2 nitrogen and oxygen atoms in total. The molecule has 0 aliphatic carbocycles. The molecule has 1 aromatic heterocycles. The minimum atomic E-state index is 0.471. The molecule has 1 unspecified atom stereocenters. The Labute approximate surface area is 119 Å². The highest BCUT2D eigenvalue weighted by molar-refractivity contribution is 9.10. The lowest BCUT2D eigenvalue weighted by molar-refractivity contribution is 0.295. The van der Waals surface area contributed by atoms with Crippen molar-refractivity contribution in [2.45, 2.75) is 10.8 Å². The third kappa shape index (κ3) is 2.40. The Kier molecular flexibility index (Phi) is 3.57. The Hall–Kier alpha value is -1.00. The van der Waals surface area contributed by atoms with Crippen LogP contribution < -0.4 is 4.74 Å². The van der Waals surface area contributed by atoms with E-state index in [0.29, 0.717) is 12.5 Å². The zero-order chi connectivity index (χ0) is 12.4. The van der Waals surface area contributed by atoms with Gasteiger partial charge in [-0.3, -0.25) is 0 Å². The van der Waals surface area contributed by atoms with Crippen molar-refractivity contribution in [2.75, 3.05) is 12.4 Å². The number of halogens is 1. The first-order valence-corrected chi connectivity index (χ1v) is 7.57. The first-order chi connectivity index (χ1) is 8.84. The van der Waals surface area contributed by atoms with Gasteiger partial charge in [0.15, 0.2) is 5.75 Å². The van der Waals surface area contributed by atoms with Crippen LogP contribution in [0.25, 0.3) is 0 Å². The van der Waals surface area contributed by atoms with Crippen LogP contribution in [-0.2, 0) is 0 Å². The molecule has 0 amide bonds. The first-order valence-electron chi connectivity index (χ1n) is 5.79.